The van der Waals surface area contributed by atoms with Crippen molar-refractivity contribution < 1.29 is 24.0 Å². The maximum absolute atomic E-state index is 13.4. The summed E-state index contributed by atoms with van der Waals surface area (Å²) >= 11 is 0. The lowest BCUT2D eigenvalue weighted by molar-refractivity contribution is -0.384. The number of nitro groups is 1. The zero-order chi connectivity index (χ0) is 22.1. The highest BCUT2D eigenvalue weighted by molar-refractivity contribution is 6.51. The maximum atomic E-state index is 13.4. The van der Waals surface area contributed by atoms with Gasteiger partial charge in [0.05, 0.1) is 16.5 Å². The van der Waals surface area contributed by atoms with Gasteiger partial charge in [-0.25, -0.2) is 4.39 Å². The van der Waals surface area contributed by atoms with E-state index in [0.29, 0.717) is 11.1 Å². The van der Waals surface area contributed by atoms with Gasteiger partial charge >= 0.3 is 0 Å². The Morgan fingerprint density at radius 3 is 2.13 bits per heavy atom. The van der Waals surface area contributed by atoms with Crippen molar-refractivity contribution in [1.29, 1.82) is 0 Å². The summed E-state index contributed by atoms with van der Waals surface area (Å²) < 4.78 is 13.4. The number of non-ortho nitro benzene ring substituents is 1. The van der Waals surface area contributed by atoms with Crippen LogP contribution in [0.1, 0.15) is 17.2 Å². The second-order valence-electron chi connectivity index (χ2n) is 6.86. The van der Waals surface area contributed by atoms with E-state index in [1.54, 1.807) is 30.3 Å². The van der Waals surface area contributed by atoms with Crippen LogP contribution in [0.3, 0.4) is 0 Å². The highest BCUT2D eigenvalue weighted by atomic mass is 19.1. The molecule has 1 N–H and O–H groups in total. The van der Waals surface area contributed by atoms with Crippen LogP contribution < -0.4 is 4.90 Å². The summed E-state index contributed by atoms with van der Waals surface area (Å²) in [6.07, 6.45) is 0. The van der Waals surface area contributed by atoms with Gasteiger partial charge in [0, 0.05) is 23.4 Å². The zero-order valence-electron chi connectivity index (χ0n) is 15.9. The molecule has 8 heteroatoms. The fraction of sp³-hybridized carbons (Fsp3) is 0.0435. The van der Waals surface area contributed by atoms with E-state index >= 15 is 0 Å². The van der Waals surface area contributed by atoms with Crippen molar-refractivity contribution in [1.82, 2.24) is 0 Å². The van der Waals surface area contributed by atoms with Crippen LogP contribution in [0, 0.1) is 15.9 Å². The highest BCUT2D eigenvalue weighted by Crippen LogP contribution is 2.42. The summed E-state index contributed by atoms with van der Waals surface area (Å²) in [4.78, 5) is 37.5. The average molecular weight is 418 g/mol. The molecule has 1 fully saturated rings. The van der Waals surface area contributed by atoms with Crippen LogP contribution in [-0.4, -0.2) is 21.7 Å². The lowest BCUT2D eigenvalue weighted by atomic mass is 9.95. The van der Waals surface area contributed by atoms with Crippen LogP contribution in [0.4, 0.5) is 15.8 Å². The summed E-state index contributed by atoms with van der Waals surface area (Å²) in [7, 11) is 0. The van der Waals surface area contributed by atoms with E-state index in [1.165, 1.54) is 36.4 Å². The Hall–Kier alpha value is -4.33. The number of carbonyl (C=O) groups excluding carboxylic acids is 2. The van der Waals surface area contributed by atoms with Gasteiger partial charge in [0.25, 0.3) is 17.4 Å². The number of ketones is 1. The van der Waals surface area contributed by atoms with E-state index in [2.05, 4.69) is 0 Å². The Morgan fingerprint density at radius 1 is 0.935 bits per heavy atom. The molecule has 0 bridgehead atoms. The number of rotatable bonds is 4. The molecule has 0 saturated carbocycles. The van der Waals surface area contributed by atoms with E-state index in [1.807, 2.05) is 0 Å². The van der Waals surface area contributed by atoms with Gasteiger partial charge in [-0.05, 0) is 42.0 Å². The molecule has 1 aliphatic heterocycles. The fourth-order valence-corrected chi connectivity index (χ4v) is 3.55. The zero-order valence-corrected chi connectivity index (χ0v) is 15.9. The third-order valence-electron chi connectivity index (χ3n) is 5.02. The molecule has 3 aromatic carbocycles. The molecule has 0 radical (unpaired) electrons. The standard InChI is InChI=1S/C23H15FN2O5/c24-16-8-12-17(13-9-16)25-20(14-6-10-18(11-7-14)26(30)31)19(22(28)23(25)29)21(27)15-4-2-1-3-5-15/h1-13,20,27H. The van der Waals surface area contributed by atoms with Crippen molar-refractivity contribution in [2.45, 2.75) is 6.04 Å². The number of aliphatic hydroxyl groups is 1. The lowest BCUT2D eigenvalue weighted by Crippen LogP contribution is -2.29. The second kappa shape index (κ2) is 7.83. The molecule has 154 valence electrons. The number of nitrogens with zero attached hydrogens (tertiary/aromatic N) is 2. The van der Waals surface area contributed by atoms with E-state index in [-0.39, 0.29) is 22.7 Å². The molecule has 0 aliphatic carbocycles. The number of amides is 1. The molecule has 31 heavy (non-hydrogen) atoms. The SMILES string of the molecule is O=C1C(=O)N(c2ccc(F)cc2)C(c2ccc([N+](=O)[O-])cc2)C1=C(O)c1ccccc1. The molecule has 0 spiro atoms. The first kappa shape index (κ1) is 20.0. The summed E-state index contributed by atoms with van der Waals surface area (Å²) in [6, 6.07) is 17.6. The minimum Gasteiger partial charge on any atom is -0.507 e. The first-order valence-electron chi connectivity index (χ1n) is 9.25. The Labute approximate surface area is 175 Å². The first-order valence-corrected chi connectivity index (χ1v) is 9.25. The van der Waals surface area contributed by atoms with E-state index in [0.717, 1.165) is 17.0 Å². The van der Waals surface area contributed by atoms with Crippen LogP contribution in [-0.2, 0) is 9.59 Å². The normalized spacial score (nSPS) is 17.7. The number of anilines is 1. The molecule has 1 atom stereocenters. The Morgan fingerprint density at radius 2 is 1.55 bits per heavy atom. The molecule has 7 nitrogen and oxygen atoms in total. The second-order valence-corrected chi connectivity index (χ2v) is 6.86. The van der Waals surface area contributed by atoms with Gasteiger partial charge in [0.2, 0.25) is 0 Å². The van der Waals surface area contributed by atoms with Gasteiger partial charge < -0.3 is 5.11 Å². The van der Waals surface area contributed by atoms with E-state index in [4.69, 9.17) is 0 Å². The van der Waals surface area contributed by atoms with Crippen LogP contribution in [0.2, 0.25) is 0 Å². The van der Waals surface area contributed by atoms with Crippen molar-refractivity contribution in [3.05, 3.63) is 111 Å². The van der Waals surface area contributed by atoms with Gasteiger partial charge in [-0.3, -0.25) is 24.6 Å². The summed E-state index contributed by atoms with van der Waals surface area (Å²) in [6.45, 7) is 0. The average Bonchev–Trinajstić information content (AvgIpc) is 3.05. The van der Waals surface area contributed by atoms with Crippen molar-refractivity contribution in [2.75, 3.05) is 4.90 Å². The Balaban J connectivity index is 1.93. The van der Waals surface area contributed by atoms with Crippen molar-refractivity contribution in [3.63, 3.8) is 0 Å². The molecule has 0 aromatic heterocycles. The minimum atomic E-state index is -1.05. The molecule has 1 aliphatic rings. The predicted molar refractivity (Wildman–Crippen MR) is 111 cm³/mol. The fourth-order valence-electron chi connectivity index (χ4n) is 3.55. The van der Waals surface area contributed by atoms with Crippen LogP contribution in [0.15, 0.2) is 84.4 Å². The third-order valence-corrected chi connectivity index (χ3v) is 5.02. The number of hydrogen-bond acceptors (Lipinski definition) is 5. The smallest absolute Gasteiger partial charge is 0.300 e. The topological polar surface area (TPSA) is 101 Å². The summed E-state index contributed by atoms with van der Waals surface area (Å²) in [5, 5.41) is 21.9. The van der Waals surface area contributed by atoms with Crippen molar-refractivity contribution >= 4 is 28.8 Å². The van der Waals surface area contributed by atoms with E-state index in [9.17, 15) is 29.2 Å². The Bertz CT molecular complexity index is 1200. The van der Waals surface area contributed by atoms with Crippen LogP contribution >= 0.6 is 0 Å². The predicted octanol–water partition coefficient (Wildman–Crippen LogP) is 4.36. The van der Waals surface area contributed by atoms with Gasteiger partial charge in [-0.2, -0.15) is 0 Å². The van der Waals surface area contributed by atoms with Gasteiger partial charge in [0.15, 0.2) is 0 Å². The number of nitro benzene ring substituents is 1. The largest absolute Gasteiger partial charge is 0.507 e. The van der Waals surface area contributed by atoms with Gasteiger partial charge in [-0.1, -0.05) is 30.3 Å². The molecule has 1 heterocycles. The molecule has 1 amide bonds. The molecule has 4 rings (SSSR count). The summed E-state index contributed by atoms with van der Waals surface area (Å²) in [5.41, 5.74) is 0.650. The lowest BCUT2D eigenvalue weighted by Gasteiger charge is -2.25. The molecule has 1 saturated heterocycles. The van der Waals surface area contributed by atoms with Crippen LogP contribution in [0.25, 0.3) is 5.76 Å². The molecule has 1 unspecified atom stereocenters. The highest BCUT2D eigenvalue weighted by Gasteiger charge is 2.47. The van der Waals surface area contributed by atoms with Crippen molar-refractivity contribution in [3.8, 4) is 0 Å². The quantitative estimate of drug-likeness (QED) is 0.223. The van der Waals surface area contributed by atoms with Crippen molar-refractivity contribution in [2.24, 2.45) is 0 Å². The van der Waals surface area contributed by atoms with Crippen LogP contribution in [0.5, 0.6) is 0 Å². The first-order chi connectivity index (χ1) is 14.9. The van der Waals surface area contributed by atoms with Gasteiger partial charge in [-0.15, -0.1) is 0 Å². The third kappa shape index (κ3) is 3.55. The Kier molecular flexibility index (Phi) is 5.04. The van der Waals surface area contributed by atoms with Gasteiger partial charge in [0.1, 0.15) is 11.6 Å². The minimum absolute atomic E-state index is 0.158. The van der Waals surface area contributed by atoms with E-state index < -0.39 is 28.5 Å². The molecular formula is C23H15FN2O5. The summed E-state index contributed by atoms with van der Waals surface area (Å²) in [5.74, 6) is -2.69. The number of halogens is 1. The number of aliphatic hydroxyl groups excluding tert-OH is 1. The number of hydrogen-bond donors (Lipinski definition) is 1. The molecule has 3 aromatic rings. The maximum Gasteiger partial charge on any atom is 0.300 e. The number of carbonyl (C=O) groups is 2. The number of Topliss-reactive ketones (excluding diaryl/α,β-unsaturated/α-hetero) is 1. The number of benzene rings is 3. The molecular weight excluding hydrogens is 403 g/mol. The monoisotopic (exact) mass is 418 g/mol.